The van der Waals surface area contributed by atoms with Gasteiger partial charge in [-0.05, 0) is 13.0 Å². The zero-order chi connectivity index (χ0) is 14.9. The van der Waals surface area contributed by atoms with Crippen LogP contribution in [0.2, 0.25) is 5.02 Å². The topological polar surface area (TPSA) is 84.2 Å². The van der Waals surface area contributed by atoms with Gasteiger partial charge in [-0.1, -0.05) is 11.6 Å². The van der Waals surface area contributed by atoms with Crippen LogP contribution in [0, 0.1) is 6.92 Å². The number of aromatic carboxylic acids is 1. The van der Waals surface area contributed by atoms with E-state index in [0.29, 0.717) is 21.4 Å². The number of aryl methyl sites for hydroxylation is 2. The Hall–Kier alpha value is -1.86. The van der Waals surface area contributed by atoms with Crippen molar-refractivity contribution in [2.75, 3.05) is 0 Å². The van der Waals surface area contributed by atoms with E-state index in [9.17, 15) is 9.59 Å². The molecule has 2 aromatic rings. The summed E-state index contributed by atoms with van der Waals surface area (Å²) in [5.74, 6) is -1.30. The van der Waals surface area contributed by atoms with Gasteiger partial charge in [0.1, 0.15) is 15.6 Å². The monoisotopic (exact) mass is 313 g/mol. The fourth-order valence-electron chi connectivity index (χ4n) is 1.72. The number of carboxylic acid groups (broad SMARTS) is 1. The molecule has 2 rings (SSSR count). The molecule has 0 spiro atoms. The van der Waals surface area contributed by atoms with Crippen LogP contribution in [-0.4, -0.2) is 26.5 Å². The predicted octanol–water partition coefficient (Wildman–Crippen LogP) is 2.07. The predicted molar refractivity (Wildman–Crippen MR) is 75.4 cm³/mol. The van der Waals surface area contributed by atoms with Gasteiger partial charge in [0.25, 0.3) is 5.91 Å². The van der Waals surface area contributed by atoms with Gasteiger partial charge in [0.15, 0.2) is 0 Å². The molecule has 0 radical (unpaired) electrons. The van der Waals surface area contributed by atoms with E-state index >= 15 is 0 Å². The number of carbonyl (C=O) groups excluding carboxylic acids is 1. The molecule has 2 heterocycles. The van der Waals surface area contributed by atoms with E-state index in [0.717, 1.165) is 11.3 Å². The van der Waals surface area contributed by atoms with E-state index in [-0.39, 0.29) is 17.3 Å². The van der Waals surface area contributed by atoms with Crippen molar-refractivity contribution in [3.63, 3.8) is 0 Å². The molecule has 0 atom stereocenters. The van der Waals surface area contributed by atoms with Gasteiger partial charge in [0.05, 0.1) is 17.3 Å². The summed E-state index contributed by atoms with van der Waals surface area (Å²) >= 11 is 6.87. The maximum Gasteiger partial charge on any atom is 0.347 e. The third kappa shape index (κ3) is 3.00. The number of hydrogen-bond donors (Lipinski definition) is 2. The van der Waals surface area contributed by atoms with Crippen molar-refractivity contribution >= 4 is 34.8 Å². The Bertz CT molecular complexity index is 678. The van der Waals surface area contributed by atoms with Crippen molar-refractivity contribution in [3.05, 3.63) is 38.6 Å². The lowest BCUT2D eigenvalue weighted by atomic mass is 10.4. The molecule has 0 aliphatic rings. The number of carboxylic acids is 1. The molecule has 0 bridgehead atoms. The van der Waals surface area contributed by atoms with Crippen molar-refractivity contribution in [2.24, 2.45) is 7.05 Å². The largest absolute Gasteiger partial charge is 0.477 e. The summed E-state index contributed by atoms with van der Waals surface area (Å²) in [6.07, 6.45) is 1.63. The first-order chi connectivity index (χ1) is 9.38. The molecule has 0 fully saturated rings. The molecule has 0 unspecified atom stereocenters. The Morgan fingerprint density at radius 2 is 2.25 bits per heavy atom. The van der Waals surface area contributed by atoms with Crippen molar-refractivity contribution < 1.29 is 14.7 Å². The Morgan fingerprint density at radius 1 is 1.55 bits per heavy atom. The van der Waals surface area contributed by atoms with E-state index in [1.807, 2.05) is 0 Å². The van der Waals surface area contributed by atoms with Crippen molar-refractivity contribution in [1.82, 2.24) is 14.9 Å². The van der Waals surface area contributed by atoms with Crippen LogP contribution < -0.4 is 5.32 Å². The second kappa shape index (κ2) is 5.64. The molecule has 106 valence electrons. The number of thiazole rings is 1. The summed E-state index contributed by atoms with van der Waals surface area (Å²) in [5.41, 5.74) is 0.885. The molecule has 8 heteroatoms. The van der Waals surface area contributed by atoms with Gasteiger partial charge in [-0.15, -0.1) is 11.3 Å². The van der Waals surface area contributed by atoms with Gasteiger partial charge in [-0.3, -0.25) is 4.79 Å². The van der Waals surface area contributed by atoms with Crippen LogP contribution in [0.5, 0.6) is 0 Å². The average Bonchev–Trinajstić information content (AvgIpc) is 2.89. The number of rotatable bonds is 4. The maximum absolute atomic E-state index is 11.9. The SMILES string of the molecule is Cc1nc(CNC(=O)c2cc(Cl)cn2C)sc1C(=O)O. The zero-order valence-corrected chi connectivity index (χ0v) is 12.4. The molecule has 2 aromatic heterocycles. The summed E-state index contributed by atoms with van der Waals surface area (Å²) < 4.78 is 1.62. The van der Waals surface area contributed by atoms with Crippen LogP contribution in [0.1, 0.15) is 30.9 Å². The number of halogens is 1. The Labute approximate surface area is 124 Å². The normalized spacial score (nSPS) is 10.6. The van der Waals surface area contributed by atoms with Gasteiger partial charge in [0, 0.05) is 13.2 Å². The van der Waals surface area contributed by atoms with Crippen LogP contribution in [0.15, 0.2) is 12.3 Å². The van der Waals surface area contributed by atoms with Gasteiger partial charge >= 0.3 is 5.97 Å². The molecule has 0 aromatic carbocycles. The van der Waals surface area contributed by atoms with Crippen LogP contribution in [0.3, 0.4) is 0 Å². The molecule has 20 heavy (non-hydrogen) atoms. The van der Waals surface area contributed by atoms with Crippen molar-refractivity contribution in [1.29, 1.82) is 0 Å². The molecule has 0 saturated carbocycles. The van der Waals surface area contributed by atoms with Crippen LogP contribution >= 0.6 is 22.9 Å². The van der Waals surface area contributed by atoms with Crippen molar-refractivity contribution in [2.45, 2.75) is 13.5 Å². The molecule has 0 saturated heterocycles. The van der Waals surface area contributed by atoms with E-state index < -0.39 is 5.97 Å². The van der Waals surface area contributed by atoms with E-state index in [4.69, 9.17) is 16.7 Å². The number of amides is 1. The van der Waals surface area contributed by atoms with Crippen LogP contribution in [0.25, 0.3) is 0 Å². The summed E-state index contributed by atoms with van der Waals surface area (Å²) in [6, 6.07) is 1.56. The molecule has 0 aliphatic carbocycles. The second-order valence-electron chi connectivity index (χ2n) is 4.16. The summed E-state index contributed by atoms with van der Waals surface area (Å²) in [4.78, 5) is 27.2. The minimum atomic E-state index is -1.01. The quantitative estimate of drug-likeness (QED) is 0.905. The first kappa shape index (κ1) is 14.5. The molecule has 6 nitrogen and oxygen atoms in total. The van der Waals surface area contributed by atoms with Crippen LogP contribution in [0.4, 0.5) is 0 Å². The van der Waals surface area contributed by atoms with Gasteiger partial charge in [0.2, 0.25) is 0 Å². The van der Waals surface area contributed by atoms with Gasteiger partial charge in [-0.2, -0.15) is 0 Å². The van der Waals surface area contributed by atoms with Gasteiger partial charge < -0.3 is 15.0 Å². The number of nitrogens with zero attached hydrogens (tertiary/aromatic N) is 2. The van der Waals surface area contributed by atoms with E-state index in [2.05, 4.69) is 10.3 Å². The number of aromatic nitrogens is 2. The number of hydrogen-bond acceptors (Lipinski definition) is 4. The highest BCUT2D eigenvalue weighted by Crippen LogP contribution is 2.18. The molecule has 1 amide bonds. The Kier molecular flexibility index (Phi) is 4.10. The molecular formula is C12H12ClN3O3S. The first-order valence-electron chi connectivity index (χ1n) is 5.68. The molecular weight excluding hydrogens is 302 g/mol. The Morgan fingerprint density at radius 3 is 2.75 bits per heavy atom. The highest BCUT2D eigenvalue weighted by atomic mass is 35.5. The third-order valence-electron chi connectivity index (χ3n) is 2.64. The lowest BCUT2D eigenvalue weighted by molar-refractivity contribution is 0.0701. The number of carbonyl (C=O) groups is 2. The minimum absolute atomic E-state index is 0.181. The number of nitrogens with one attached hydrogen (secondary N) is 1. The van der Waals surface area contributed by atoms with E-state index in [1.54, 1.807) is 30.8 Å². The molecule has 2 N–H and O–H groups in total. The minimum Gasteiger partial charge on any atom is -0.477 e. The first-order valence-corrected chi connectivity index (χ1v) is 6.87. The van der Waals surface area contributed by atoms with Gasteiger partial charge in [-0.25, -0.2) is 9.78 Å². The maximum atomic E-state index is 11.9. The molecule has 0 aliphatic heterocycles. The van der Waals surface area contributed by atoms with Crippen LogP contribution in [-0.2, 0) is 13.6 Å². The highest BCUT2D eigenvalue weighted by molar-refractivity contribution is 7.13. The Balaban J connectivity index is 2.05. The smallest absolute Gasteiger partial charge is 0.347 e. The average molecular weight is 314 g/mol. The standard InChI is InChI=1S/C12H12ClN3O3S/c1-6-10(12(18)19)20-9(15-6)4-14-11(17)8-3-7(13)5-16(8)2/h3,5H,4H2,1-2H3,(H,14,17)(H,18,19). The second-order valence-corrected chi connectivity index (χ2v) is 5.68. The highest BCUT2D eigenvalue weighted by Gasteiger charge is 2.15. The summed E-state index contributed by atoms with van der Waals surface area (Å²) in [6.45, 7) is 1.81. The van der Waals surface area contributed by atoms with Crippen molar-refractivity contribution in [3.8, 4) is 0 Å². The zero-order valence-electron chi connectivity index (χ0n) is 10.8. The lowest BCUT2D eigenvalue weighted by Gasteiger charge is -2.03. The lowest BCUT2D eigenvalue weighted by Crippen LogP contribution is -2.24. The third-order valence-corrected chi connectivity index (χ3v) is 3.99. The van der Waals surface area contributed by atoms with E-state index in [1.165, 1.54) is 0 Å². The summed E-state index contributed by atoms with van der Waals surface area (Å²) in [5, 5.41) is 12.7. The fourth-order valence-corrected chi connectivity index (χ4v) is 2.82. The fraction of sp³-hybridized carbons (Fsp3) is 0.250. The summed E-state index contributed by atoms with van der Waals surface area (Å²) in [7, 11) is 1.72.